The van der Waals surface area contributed by atoms with E-state index in [4.69, 9.17) is 4.74 Å². The molecule has 0 unspecified atom stereocenters. The predicted octanol–water partition coefficient (Wildman–Crippen LogP) is 2.64. The fourth-order valence-corrected chi connectivity index (χ4v) is 3.12. The van der Waals surface area contributed by atoms with Gasteiger partial charge in [-0.2, -0.15) is 0 Å². The van der Waals surface area contributed by atoms with E-state index in [1.807, 2.05) is 12.1 Å². The van der Waals surface area contributed by atoms with Crippen molar-refractivity contribution in [3.63, 3.8) is 0 Å². The first kappa shape index (κ1) is 22.3. The van der Waals surface area contributed by atoms with Gasteiger partial charge in [-0.25, -0.2) is 0 Å². The molecule has 0 N–H and O–H groups in total. The first-order valence-electron chi connectivity index (χ1n) is 9.22. The maximum absolute atomic E-state index is 6.41. The van der Waals surface area contributed by atoms with Gasteiger partial charge in [-0.1, -0.05) is 78.9 Å². The van der Waals surface area contributed by atoms with Gasteiger partial charge in [0.15, 0.2) is 0 Å². The molecule has 3 aromatic carbocycles. The van der Waals surface area contributed by atoms with Crippen molar-refractivity contribution in [2.45, 2.75) is 26.0 Å². The van der Waals surface area contributed by atoms with Gasteiger partial charge >= 0.3 is 51.4 Å². The Morgan fingerprint density at radius 2 is 1.41 bits per heavy atom. The molecule has 0 saturated heterocycles. The van der Waals surface area contributed by atoms with Crippen molar-refractivity contribution in [1.29, 1.82) is 0 Å². The molecule has 27 heavy (non-hydrogen) atoms. The summed E-state index contributed by atoms with van der Waals surface area (Å²) in [7, 11) is 2.17. The first-order valence-corrected chi connectivity index (χ1v) is 9.22. The largest absolute Gasteiger partial charge is 1.00 e. The molecule has 0 bridgehead atoms. The van der Waals surface area contributed by atoms with E-state index >= 15 is 0 Å². The standard InChI is InChI=1S/C24H27NO.K/c1-20-11-9-10-16-23(20)26-24(22-14-7-4-8-15-22)17-18-25(2)19-21-12-5-3-6-13-21;/h3-16,24H,17-19H2,1-2H3;/q;+1/t24-;/m1./s1. The van der Waals surface area contributed by atoms with Crippen molar-refractivity contribution in [3.8, 4) is 5.75 Å². The Kier molecular flexibility index (Phi) is 9.77. The Hall–Kier alpha value is -0.944. The third-order valence-electron chi connectivity index (χ3n) is 4.60. The molecule has 0 spiro atoms. The fourth-order valence-electron chi connectivity index (χ4n) is 3.12. The minimum Gasteiger partial charge on any atom is -0.485 e. The van der Waals surface area contributed by atoms with Crippen molar-refractivity contribution in [2.24, 2.45) is 0 Å². The molecule has 0 saturated carbocycles. The van der Waals surface area contributed by atoms with Crippen LogP contribution in [0.5, 0.6) is 5.75 Å². The molecule has 3 rings (SSSR count). The summed E-state index contributed by atoms with van der Waals surface area (Å²) in [6, 6.07) is 29.4. The summed E-state index contributed by atoms with van der Waals surface area (Å²) in [5, 5.41) is 0. The van der Waals surface area contributed by atoms with Crippen molar-refractivity contribution in [2.75, 3.05) is 13.6 Å². The van der Waals surface area contributed by atoms with E-state index in [9.17, 15) is 0 Å². The Balaban J connectivity index is 0.00000261. The number of benzene rings is 3. The summed E-state index contributed by atoms with van der Waals surface area (Å²) in [5.74, 6) is 0.965. The normalized spacial score (nSPS) is 11.7. The Labute approximate surface area is 206 Å². The number of ether oxygens (including phenoxy) is 1. The molecule has 0 fully saturated rings. The second-order valence-corrected chi connectivity index (χ2v) is 6.79. The number of para-hydroxylation sites is 1. The van der Waals surface area contributed by atoms with Gasteiger partial charge in [0.05, 0.1) is 0 Å². The molecule has 3 aromatic rings. The Morgan fingerprint density at radius 3 is 2.07 bits per heavy atom. The van der Waals surface area contributed by atoms with Crippen LogP contribution in [0.3, 0.4) is 0 Å². The van der Waals surface area contributed by atoms with Crippen LogP contribution in [0.15, 0.2) is 84.9 Å². The van der Waals surface area contributed by atoms with Crippen LogP contribution in [0.25, 0.3) is 0 Å². The monoisotopic (exact) mass is 384 g/mol. The van der Waals surface area contributed by atoms with Crippen LogP contribution in [0.4, 0.5) is 0 Å². The zero-order chi connectivity index (χ0) is 18.2. The third-order valence-corrected chi connectivity index (χ3v) is 4.60. The second kappa shape index (κ2) is 11.8. The van der Waals surface area contributed by atoms with E-state index in [2.05, 4.69) is 91.7 Å². The van der Waals surface area contributed by atoms with Crippen LogP contribution in [0.2, 0.25) is 0 Å². The number of hydrogen-bond donors (Lipinski definition) is 0. The summed E-state index contributed by atoms with van der Waals surface area (Å²) in [5.41, 5.74) is 3.74. The van der Waals surface area contributed by atoms with Gasteiger partial charge in [0.2, 0.25) is 0 Å². The maximum atomic E-state index is 6.41. The number of aryl methyl sites for hydroxylation is 1. The summed E-state index contributed by atoms with van der Waals surface area (Å²) >= 11 is 0. The second-order valence-electron chi connectivity index (χ2n) is 6.79. The van der Waals surface area contributed by atoms with Gasteiger partial charge in [-0.05, 0) is 36.7 Å². The summed E-state index contributed by atoms with van der Waals surface area (Å²) in [6.45, 7) is 4.02. The molecule has 0 aliphatic carbocycles. The molecule has 0 aliphatic heterocycles. The predicted molar refractivity (Wildman–Crippen MR) is 108 cm³/mol. The zero-order valence-corrected chi connectivity index (χ0v) is 19.8. The van der Waals surface area contributed by atoms with E-state index in [1.54, 1.807) is 0 Å². The Bertz CT molecular complexity index is 792. The van der Waals surface area contributed by atoms with Gasteiger partial charge in [-0.15, -0.1) is 0 Å². The molecule has 0 aliphatic rings. The molecule has 0 radical (unpaired) electrons. The van der Waals surface area contributed by atoms with Crippen LogP contribution < -0.4 is 56.1 Å². The smallest absolute Gasteiger partial charge is 0.485 e. The topological polar surface area (TPSA) is 12.5 Å². The van der Waals surface area contributed by atoms with Gasteiger partial charge in [0.25, 0.3) is 0 Å². The number of rotatable bonds is 8. The van der Waals surface area contributed by atoms with Gasteiger partial charge in [0, 0.05) is 19.5 Å². The molecule has 3 heteroatoms. The first-order chi connectivity index (χ1) is 12.7. The summed E-state index contributed by atoms with van der Waals surface area (Å²) in [4.78, 5) is 2.35. The molecule has 1 atom stereocenters. The fraction of sp³-hybridized carbons (Fsp3) is 0.250. The van der Waals surface area contributed by atoms with Crippen LogP contribution in [-0.4, -0.2) is 18.5 Å². The van der Waals surface area contributed by atoms with E-state index in [-0.39, 0.29) is 57.5 Å². The van der Waals surface area contributed by atoms with Crippen molar-refractivity contribution in [1.82, 2.24) is 4.90 Å². The average Bonchev–Trinajstić information content (AvgIpc) is 2.68. The number of hydrogen-bond acceptors (Lipinski definition) is 2. The van der Waals surface area contributed by atoms with Crippen molar-refractivity contribution < 1.29 is 56.1 Å². The minimum absolute atomic E-state index is 0. The SMILES string of the molecule is Cc1ccccc1O[C@H](CCN(C)Cc1ccccc1)c1ccccc1.[K+]. The van der Waals surface area contributed by atoms with Gasteiger partial charge < -0.3 is 9.64 Å². The van der Waals surface area contributed by atoms with Crippen LogP contribution in [0.1, 0.15) is 29.2 Å². The van der Waals surface area contributed by atoms with Crippen molar-refractivity contribution >= 4 is 0 Å². The molecular weight excluding hydrogens is 357 g/mol. The van der Waals surface area contributed by atoms with E-state index in [1.165, 1.54) is 16.7 Å². The third kappa shape index (κ3) is 7.18. The number of nitrogens with zero attached hydrogens (tertiary/aromatic N) is 1. The molecule has 0 heterocycles. The maximum Gasteiger partial charge on any atom is 1.00 e. The van der Waals surface area contributed by atoms with E-state index in [0.29, 0.717) is 0 Å². The van der Waals surface area contributed by atoms with Gasteiger partial charge in [-0.3, -0.25) is 0 Å². The molecule has 0 aromatic heterocycles. The molecular formula is C24H27KNO+. The molecule has 0 amide bonds. The Morgan fingerprint density at radius 1 is 0.815 bits per heavy atom. The summed E-state index contributed by atoms with van der Waals surface area (Å²) < 4.78 is 6.41. The zero-order valence-electron chi connectivity index (χ0n) is 16.6. The molecule has 2 nitrogen and oxygen atoms in total. The van der Waals surface area contributed by atoms with Crippen molar-refractivity contribution in [3.05, 3.63) is 102 Å². The molecule has 134 valence electrons. The quantitative estimate of drug-likeness (QED) is 0.554. The van der Waals surface area contributed by atoms with Gasteiger partial charge in [0.1, 0.15) is 11.9 Å². The van der Waals surface area contributed by atoms with E-state index < -0.39 is 0 Å². The van der Waals surface area contributed by atoms with Crippen LogP contribution in [-0.2, 0) is 6.54 Å². The average molecular weight is 385 g/mol. The van der Waals surface area contributed by atoms with Crippen LogP contribution in [0, 0.1) is 6.92 Å². The van der Waals surface area contributed by atoms with E-state index in [0.717, 1.165) is 25.3 Å². The minimum atomic E-state index is 0. The van der Waals surface area contributed by atoms with Crippen LogP contribution >= 0.6 is 0 Å². The summed E-state index contributed by atoms with van der Waals surface area (Å²) in [6.07, 6.45) is 0.998.